The molecule has 0 radical (unpaired) electrons. The molecule has 0 aliphatic carbocycles. The number of nitrogens with zero attached hydrogens (tertiary/aromatic N) is 5. The lowest BCUT2D eigenvalue weighted by Crippen LogP contribution is -2.46. The van der Waals surface area contributed by atoms with Crippen LogP contribution in [-0.2, 0) is 11.3 Å². The Morgan fingerprint density at radius 1 is 1.30 bits per heavy atom. The smallest absolute Gasteiger partial charge is 0.304 e. The Morgan fingerprint density at radius 3 is 2.55 bits per heavy atom. The number of aliphatic carboxylic acids is 1. The molecule has 1 aliphatic rings. The summed E-state index contributed by atoms with van der Waals surface area (Å²) in [6.07, 6.45) is 1.83. The van der Waals surface area contributed by atoms with E-state index in [0.717, 1.165) is 38.5 Å². The molecular formula is C13H23N5O2. The van der Waals surface area contributed by atoms with Gasteiger partial charge in [0.05, 0.1) is 13.0 Å². The van der Waals surface area contributed by atoms with Crippen molar-refractivity contribution in [2.45, 2.75) is 32.9 Å². The van der Waals surface area contributed by atoms with Crippen molar-refractivity contribution in [2.24, 2.45) is 0 Å². The quantitative estimate of drug-likeness (QED) is 0.816. The summed E-state index contributed by atoms with van der Waals surface area (Å²) >= 11 is 0. The average Bonchev–Trinajstić information content (AvgIpc) is 2.86. The lowest BCUT2D eigenvalue weighted by molar-refractivity contribution is -0.137. The Hall–Kier alpha value is -1.47. The summed E-state index contributed by atoms with van der Waals surface area (Å²) in [7, 11) is 0. The first-order chi connectivity index (χ1) is 9.56. The van der Waals surface area contributed by atoms with Crippen LogP contribution in [-0.4, -0.2) is 68.4 Å². The summed E-state index contributed by atoms with van der Waals surface area (Å²) in [5.41, 5.74) is 0. The van der Waals surface area contributed by atoms with Crippen molar-refractivity contribution in [1.29, 1.82) is 0 Å². The SMILES string of the molecule is CC(C)n1ncnc1CN1CCN(CCC(=O)O)CC1. The van der Waals surface area contributed by atoms with E-state index in [1.165, 1.54) is 0 Å². The minimum Gasteiger partial charge on any atom is -0.481 e. The fourth-order valence-corrected chi connectivity index (χ4v) is 2.44. The van der Waals surface area contributed by atoms with Crippen LogP contribution >= 0.6 is 0 Å². The lowest BCUT2D eigenvalue weighted by Gasteiger charge is -2.34. The van der Waals surface area contributed by atoms with Gasteiger partial charge in [0.1, 0.15) is 12.2 Å². The largest absolute Gasteiger partial charge is 0.481 e. The van der Waals surface area contributed by atoms with Crippen molar-refractivity contribution in [1.82, 2.24) is 24.6 Å². The third-order valence-corrected chi connectivity index (χ3v) is 3.61. The Morgan fingerprint density at radius 2 is 1.95 bits per heavy atom. The van der Waals surface area contributed by atoms with Gasteiger partial charge < -0.3 is 10.0 Å². The van der Waals surface area contributed by atoms with Gasteiger partial charge in [-0.1, -0.05) is 0 Å². The maximum Gasteiger partial charge on any atom is 0.304 e. The van der Waals surface area contributed by atoms with Crippen LogP contribution in [0.25, 0.3) is 0 Å². The molecule has 1 aliphatic heterocycles. The molecule has 7 nitrogen and oxygen atoms in total. The van der Waals surface area contributed by atoms with E-state index < -0.39 is 5.97 Å². The Bertz CT molecular complexity index is 438. The van der Waals surface area contributed by atoms with Gasteiger partial charge in [-0.15, -0.1) is 0 Å². The summed E-state index contributed by atoms with van der Waals surface area (Å²) in [5, 5.41) is 12.9. The van der Waals surface area contributed by atoms with Crippen LogP contribution in [0.1, 0.15) is 32.1 Å². The maximum atomic E-state index is 10.6. The van der Waals surface area contributed by atoms with E-state index in [-0.39, 0.29) is 6.42 Å². The van der Waals surface area contributed by atoms with E-state index in [1.807, 2.05) is 4.68 Å². The molecule has 0 unspecified atom stereocenters. The molecule has 0 amide bonds. The third kappa shape index (κ3) is 4.01. The molecular weight excluding hydrogens is 258 g/mol. The van der Waals surface area contributed by atoms with E-state index in [2.05, 4.69) is 33.7 Å². The van der Waals surface area contributed by atoms with Crippen LogP contribution in [0.2, 0.25) is 0 Å². The molecule has 1 aromatic heterocycles. The van der Waals surface area contributed by atoms with Crippen molar-refractivity contribution in [3.8, 4) is 0 Å². The zero-order valence-corrected chi connectivity index (χ0v) is 12.2. The number of piperazine rings is 1. The summed E-state index contributed by atoms with van der Waals surface area (Å²) in [6, 6.07) is 0.323. The van der Waals surface area contributed by atoms with Crippen LogP contribution in [0.5, 0.6) is 0 Å². The van der Waals surface area contributed by atoms with Crippen LogP contribution < -0.4 is 0 Å². The number of carboxylic acids is 1. The highest BCUT2D eigenvalue weighted by molar-refractivity contribution is 5.66. The van der Waals surface area contributed by atoms with Crippen LogP contribution in [0.15, 0.2) is 6.33 Å². The second-order valence-electron chi connectivity index (χ2n) is 5.48. The van der Waals surface area contributed by atoms with E-state index in [9.17, 15) is 4.79 Å². The highest BCUT2D eigenvalue weighted by atomic mass is 16.4. The molecule has 112 valence electrons. The molecule has 2 heterocycles. The number of rotatable bonds is 6. The topological polar surface area (TPSA) is 74.5 Å². The van der Waals surface area contributed by atoms with Crippen LogP contribution in [0, 0.1) is 0 Å². The summed E-state index contributed by atoms with van der Waals surface area (Å²) in [6.45, 7) is 9.39. The van der Waals surface area contributed by atoms with Crippen molar-refractivity contribution >= 4 is 5.97 Å². The fourth-order valence-electron chi connectivity index (χ4n) is 2.44. The molecule has 1 aromatic rings. The first kappa shape index (κ1) is 14.9. The highest BCUT2D eigenvalue weighted by Crippen LogP contribution is 2.10. The monoisotopic (exact) mass is 281 g/mol. The van der Waals surface area contributed by atoms with Crippen molar-refractivity contribution in [3.63, 3.8) is 0 Å². The van der Waals surface area contributed by atoms with E-state index in [4.69, 9.17) is 5.11 Å². The van der Waals surface area contributed by atoms with Crippen LogP contribution in [0.3, 0.4) is 0 Å². The van der Waals surface area contributed by atoms with Gasteiger partial charge in [0.2, 0.25) is 0 Å². The molecule has 1 saturated heterocycles. The number of carbonyl (C=O) groups is 1. The van der Waals surface area contributed by atoms with Gasteiger partial charge in [0.25, 0.3) is 0 Å². The second-order valence-corrected chi connectivity index (χ2v) is 5.48. The molecule has 0 aromatic carbocycles. The van der Waals surface area contributed by atoms with Gasteiger partial charge in [0, 0.05) is 38.8 Å². The first-order valence-corrected chi connectivity index (χ1v) is 7.11. The van der Waals surface area contributed by atoms with Gasteiger partial charge in [-0.05, 0) is 13.8 Å². The molecule has 0 spiro atoms. The molecule has 0 saturated carbocycles. The highest BCUT2D eigenvalue weighted by Gasteiger charge is 2.19. The zero-order chi connectivity index (χ0) is 14.5. The van der Waals surface area contributed by atoms with Gasteiger partial charge in [0.15, 0.2) is 0 Å². The van der Waals surface area contributed by atoms with Gasteiger partial charge in [-0.3, -0.25) is 9.69 Å². The third-order valence-electron chi connectivity index (χ3n) is 3.61. The van der Waals surface area contributed by atoms with E-state index in [1.54, 1.807) is 6.33 Å². The minimum atomic E-state index is -0.725. The molecule has 1 fully saturated rings. The van der Waals surface area contributed by atoms with Gasteiger partial charge in [-0.2, -0.15) is 5.10 Å². The molecule has 0 atom stereocenters. The second kappa shape index (κ2) is 6.81. The Balaban J connectivity index is 1.79. The first-order valence-electron chi connectivity index (χ1n) is 7.11. The number of hydrogen-bond donors (Lipinski definition) is 1. The van der Waals surface area contributed by atoms with Gasteiger partial charge >= 0.3 is 5.97 Å². The van der Waals surface area contributed by atoms with Crippen molar-refractivity contribution < 1.29 is 9.90 Å². The summed E-state index contributed by atoms with van der Waals surface area (Å²) in [5.74, 6) is 0.274. The minimum absolute atomic E-state index is 0.224. The van der Waals surface area contributed by atoms with Crippen LogP contribution in [0.4, 0.5) is 0 Å². The Labute approximate surface area is 119 Å². The Kier molecular flexibility index (Phi) is 5.08. The predicted molar refractivity (Wildman–Crippen MR) is 74.4 cm³/mol. The molecule has 1 N–H and O–H groups in total. The standard InChI is InChI=1S/C13H23N5O2/c1-11(2)18-12(14-10-15-18)9-17-7-5-16(6-8-17)4-3-13(19)20/h10-11H,3-9H2,1-2H3,(H,19,20). The molecule has 7 heteroatoms. The normalized spacial score (nSPS) is 17.8. The fraction of sp³-hybridized carbons (Fsp3) is 0.769. The maximum absolute atomic E-state index is 10.6. The molecule has 2 rings (SSSR count). The molecule has 0 bridgehead atoms. The average molecular weight is 281 g/mol. The number of carboxylic acid groups (broad SMARTS) is 1. The predicted octanol–water partition coefficient (Wildman–Crippen LogP) is 0.451. The van der Waals surface area contributed by atoms with Crippen molar-refractivity contribution in [3.05, 3.63) is 12.2 Å². The summed E-state index contributed by atoms with van der Waals surface area (Å²) in [4.78, 5) is 19.4. The lowest BCUT2D eigenvalue weighted by atomic mass is 10.3. The zero-order valence-electron chi connectivity index (χ0n) is 12.2. The number of aromatic nitrogens is 3. The van der Waals surface area contributed by atoms with E-state index in [0.29, 0.717) is 12.6 Å². The summed E-state index contributed by atoms with van der Waals surface area (Å²) < 4.78 is 1.96. The number of hydrogen-bond acceptors (Lipinski definition) is 5. The van der Waals surface area contributed by atoms with E-state index >= 15 is 0 Å². The molecule has 20 heavy (non-hydrogen) atoms. The van der Waals surface area contributed by atoms with Crippen molar-refractivity contribution in [2.75, 3.05) is 32.7 Å². The van der Waals surface area contributed by atoms with Gasteiger partial charge in [-0.25, -0.2) is 9.67 Å².